The van der Waals surface area contributed by atoms with E-state index in [1.54, 1.807) is 86.3 Å². The fraction of sp³-hybridized carbons (Fsp3) is 0.467. The number of benzene rings is 2. The number of nitrogens with zero attached hydrogens (tertiary/aromatic N) is 9. The van der Waals surface area contributed by atoms with E-state index in [0.29, 0.717) is 29.1 Å². The first-order valence-electron chi connectivity index (χ1n) is 28.3. The van der Waals surface area contributed by atoms with Crippen LogP contribution >= 0.6 is 34.8 Å². The maximum absolute atomic E-state index is 16.2. The number of carbonyl (C=O) groups is 4. The molecule has 2 saturated heterocycles. The number of amides is 2. The lowest BCUT2D eigenvalue weighted by Gasteiger charge is -2.45. The molecule has 2 fully saturated rings. The molecule has 0 radical (unpaired) electrons. The number of aromatic nitrogens is 4. The number of methoxy groups -OCH3 is 2. The van der Waals surface area contributed by atoms with Crippen molar-refractivity contribution in [2.24, 2.45) is 0 Å². The molecule has 2 aliphatic heterocycles. The minimum absolute atomic E-state index is 0.0132. The third kappa shape index (κ3) is 14.9. The Kier molecular flexibility index (Phi) is 22.2. The van der Waals surface area contributed by atoms with E-state index < -0.39 is 140 Å². The Balaban J connectivity index is 0.000000242. The number of hydrogen-bond donors (Lipinski definition) is 1. The Hall–Kier alpha value is -8.21. The predicted molar refractivity (Wildman–Crippen MR) is 332 cm³/mol. The summed E-state index contributed by atoms with van der Waals surface area (Å²) in [6.07, 6.45) is 1.84. The molecule has 0 spiro atoms. The smallest absolute Gasteiger partial charge is 0.410 e. The van der Waals surface area contributed by atoms with Crippen LogP contribution in [0.1, 0.15) is 117 Å². The standard InChI is InChI=1S/C30H34ClF2N5O7.C18H13Cl2F2N3O3.C12H22N2O4/c1-14(2)22-23(15(3)9-10-34-22)37-24-17(11-18(32)20(31)21(24)33)25(26(27(37)39)38(42)43)36-12-16(4)35(13-19(36)28(40)44-8)29(41)45-30(5,6)7;1-7(2)14-15(8(3)4-5-23-14)24-16-9(6-10(21)12(20)13(16)22)11(19)17(18(24)26)25(27)28;1-8-6-13-9(10(15)17-5)7-14(8)11(16)18-12(2,3)4/h9-11,14,16,19H,12-13H2,1-8H3;4-7H,1-3H3;8-9,13H,6-7H2,1-5H3/t16-,19-;;8-,9-/m1.1/s1. The number of halogens is 7. The summed E-state index contributed by atoms with van der Waals surface area (Å²) in [7, 11) is 2.42. The second-order valence-corrected chi connectivity index (χ2v) is 25.2. The molecule has 1 N–H and O–H groups in total. The highest BCUT2D eigenvalue weighted by Gasteiger charge is 2.45. The largest absolute Gasteiger partial charge is 0.468 e. The molecule has 0 bridgehead atoms. The first kappa shape index (κ1) is 71.9. The van der Waals surface area contributed by atoms with Gasteiger partial charge in [-0.1, -0.05) is 62.5 Å². The zero-order valence-corrected chi connectivity index (χ0v) is 54.9. The van der Waals surface area contributed by atoms with Gasteiger partial charge in [0.25, 0.3) is 0 Å². The van der Waals surface area contributed by atoms with E-state index in [1.807, 2.05) is 27.7 Å². The van der Waals surface area contributed by atoms with E-state index in [4.69, 9.17) is 49.0 Å². The van der Waals surface area contributed by atoms with Crippen LogP contribution in [-0.4, -0.2) is 139 Å². The van der Waals surface area contributed by atoms with E-state index in [1.165, 1.54) is 29.3 Å². The summed E-state index contributed by atoms with van der Waals surface area (Å²) in [5, 5.41) is 24.1. The molecule has 0 aliphatic carbocycles. The zero-order valence-electron chi connectivity index (χ0n) is 52.6. The predicted octanol–water partition coefficient (Wildman–Crippen LogP) is 11.7. The molecule has 4 aromatic heterocycles. The Morgan fingerprint density at radius 1 is 0.637 bits per heavy atom. The van der Waals surface area contributed by atoms with Gasteiger partial charge in [0, 0.05) is 48.3 Å². The highest BCUT2D eigenvalue weighted by molar-refractivity contribution is 6.38. The Labute approximate surface area is 534 Å². The highest BCUT2D eigenvalue weighted by Crippen LogP contribution is 2.43. The van der Waals surface area contributed by atoms with Gasteiger partial charge < -0.3 is 39.0 Å². The third-order valence-electron chi connectivity index (χ3n) is 14.5. The quantitative estimate of drug-likeness (QED) is 0.0351. The number of nitro groups is 2. The van der Waals surface area contributed by atoms with Crippen LogP contribution in [0.2, 0.25) is 15.1 Å². The lowest BCUT2D eigenvalue weighted by atomic mass is 10.0. The topological polar surface area (TPSA) is 283 Å². The maximum Gasteiger partial charge on any atom is 0.410 e. The van der Waals surface area contributed by atoms with E-state index in [2.05, 4.69) is 20.0 Å². The van der Waals surface area contributed by atoms with Crippen LogP contribution in [0.25, 0.3) is 33.2 Å². The van der Waals surface area contributed by atoms with Crippen molar-refractivity contribution in [2.45, 2.75) is 144 Å². The monoisotopic (exact) mass is 1330 g/mol. The van der Waals surface area contributed by atoms with Gasteiger partial charge in [-0.2, -0.15) is 0 Å². The normalized spacial score (nSPS) is 16.9. The summed E-state index contributed by atoms with van der Waals surface area (Å²) < 4.78 is 82.4. The number of anilines is 1. The number of hydrogen-bond acceptors (Lipinski definition) is 18. The fourth-order valence-corrected chi connectivity index (χ4v) is 10.9. The van der Waals surface area contributed by atoms with Gasteiger partial charge in [-0.15, -0.1) is 0 Å². The molecule has 24 nitrogen and oxygen atoms in total. The van der Waals surface area contributed by atoms with Gasteiger partial charge in [-0.3, -0.25) is 53.7 Å². The SMILES string of the molecule is COC(=O)[C@H]1CN(C(=O)OC(C)(C)C)[C@H](C)CN1.COC(=O)[C@H]1CN(C(=O)OC(C)(C)C)[C@H](C)CN1c1c([N+](=O)[O-])c(=O)n(-c2c(C)ccnc2C(C)C)c2c(F)c(Cl)c(F)cc12.Cc1ccnc(C(C)C)c1-n1c(=O)c([N+](=O)[O-])c(Cl)c2cc(F)c(Cl)c(F)c21. The van der Waals surface area contributed by atoms with Gasteiger partial charge in [0.2, 0.25) is 0 Å². The van der Waals surface area contributed by atoms with E-state index in [0.717, 1.165) is 28.4 Å². The molecule has 2 aromatic carbocycles. The molecule has 2 aliphatic rings. The third-order valence-corrected chi connectivity index (χ3v) is 15.6. The van der Waals surface area contributed by atoms with Crippen molar-refractivity contribution in [3.63, 3.8) is 0 Å². The minimum atomic E-state index is -1.43. The van der Waals surface area contributed by atoms with Crippen LogP contribution in [0.15, 0.2) is 46.2 Å². The van der Waals surface area contributed by atoms with Gasteiger partial charge in [0.05, 0.1) is 71.0 Å². The minimum Gasteiger partial charge on any atom is -0.468 e. The first-order valence-corrected chi connectivity index (χ1v) is 29.4. The van der Waals surface area contributed by atoms with E-state index in [-0.39, 0.29) is 60.2 Å². The summed E-state index contributed by atoms with van der Waals surface area (Å²) in [6, 6.07) is 2.01. The number of aryl methyl sites for hydroxylation is 2. The van der Waals surface area contributed by atoms with Crippen molar-refractivity contribution in [3.8, 4) is 11.4 Å². The summed E-state index contributed by atoms with van der Waals surface area (Å²) >= 11 is 17.7. The average Bonchev–Trinajstić information content (AvgIpc) is 0.738. The van der Waals surface area contributed by atoms with Crippen LogP contribution in [-0.2, 0) is 28.5 Å². The summed E-state index contributed by atoms with van der Waals surface area (Å²) in [5.74, 6) is -6.78. The second-order valence-electron chi connectivity index (χ2n) is 24.1. The van der Waals surface area contributed by atoms with E-state index in [9.17, 15) is 57.8 Å². The summed E-state index contributed by atoms with van der Waals surface area (Å²) in [6.45, 7) is 24.5. The fourth-order valence-electron chi connectivity index (χ4n) is 10.3. The molecule has 6 aromatic rings. The van der Waals surface area contributed by atoms with Crippen molar-refractivity contribution >= 4 is 97.8 Å². The van der Waals surface area contributed by atoms with Gasteiger partial charge in [-0.05, 0) is 116 Å². The van der Waals surface area contributed by atoms with Crippen molar-refractivity contribution < 1.29 is 65.5 Å². The number of fused-ring (bicyclic) bond motifs is 2. The lowest BCUT2D eigenvalue weighted by molar-refractivity contribution is -0.386. The number of pyridine rings is 4. The van der Waals surface area contributed by atoms with Gasteiger partial charge in [-0.25, -0.2) is 31.9 Å². The van der Waals surface area contributed by atoms with Crippen molar-refractivity contribution in [3.05, 3.63) is 138 Å². The Morgan fingerprint density at radius 2 is 1.05 bits per heavy atom. The number of piperazine rings is 2. The molecule has 2 amide bonds. The molecular weight excluding hydrogens is 1270 g/mol. The van der Waals surface area contributed by atoms with Gasteiger partial charge in [0.1, 0.15) is 55.7 Å². The number of esters is 2. The Bertz CT molecular complexity index is 4030. The van der Waals surface area contributed by atoms with Crippen LogP contribution < -0.4 is 21.3 Å². The summed E-state index contributed by atoms with van der Waals surface area (Å²) in [4.78, 5) is 112. The molecule has 0 saturated carbocycles. The number of carbonyl (C=O) groups excluding carboxylic acids is 4. The van der Waals surface area contributed by atoms with Crippen molar-refractivity contribution in [1.82, 2.24) is 34.2 Å². The molecule has 0 unspecified atom stereocenters. The molecule has 8 rings (SSSR count). The molecule has 4 atom stereocenters. The zero-order chi connectivity index (χ0) is 68.5. The van der Waals surface area contributed by atoms with Crippen LogP contribution in [0.5, 0.6) is 0 Å². The second kappa shape index (κ2) is 28.1. The van der Waals surface area contributed by atoms with E-state index >= 15 is 8.78 Å². The molecule has 6 heterocycles. The van der Waals surface area contributed by atoms with Crippen molar-refractivity contribution in [1.29, 1.82) is 0 Å². The molecule has 91 heavy (non-hydrogen) atoms. The average molecular weight is 1340 g/mol. The van der Waals surface area contributed by atoms with Gasteiger partial charge in [0.15, 0.2) is 11.6 Å². The molecule has 492 valence electrons. The lowest BCUT2D eigenvalue weighted by Crippen LogP contribution is -2.62. The molecular formula is C60H69Cl3F4N10O14. The number of ether oxygens (including phenoxy) is 4. The maximum atomic E-state index is 16.2. The highest BCUT2D eigenvalue weighted by atomic mass is 35.5. The number of nitrogens with one attached hydrogen (secondary N) is 1. The van der Waals surface area contributed by atoms with Crippen LogP contribution in [0.4, 0.5) is 44.2 Å². The summed E-state index contributed by atoms with van der Waals surface area (Å²) in [5.41, 5.74) is -5.48. The van der Waals surface area contributed by atoms with Gasteiger partial charge >= 0.3 is 46.6 Å². The Morgan fingerprint density at radius 3 is 1.47 bits per heavy atom. The van der Waals surface area contributed by atoms with Crippen LogP contribution in [0.3, 0.4) is 0 Å². The molecule has 31 heteroatoms. The van der Waals surface area contributed by atoms with Crippen LogP contribution in [0, 0.1) is 57.3 Å². The first-order chi connectivity index (χ1) is 42.2. The number of rotatable bonds is 9. The van der Waals surface area contributed by atoms with Crippen molar-refractivity contribution in [2.75, 3.05) is 45.3 Å².